The van der Waals surface area contributed by atoms with Crippen LogP contribution in [0.1, 0.15) is 28.8 Å². The van der Waals surface area contributed by atoms with Gasteiger partial charge in [0.05, 0.1) is 6.61 Å². The molecule has 0 heterocycles. The van der Waals surface area contributed by atoms with Gasteiger partial charge >= 0.3 is 0 Å². The Balaban J connectivity index is 2.26. The molecular formula is C13H20N4O2. The average molecular weight is 264 g/mol. The van der Waals surface area contributed by atoms with Gasteiger partial charge in [-0.25, -0.2) is 0 Å². The van der Waals surface area contributed by atoms with Crippen molar-refractivity contribution in [1.29, 1.82) is 0 Å². The molecule has 104 valence electrons. The van der Waals surface area contributed by atoms with Crippen molar-refractivity contribution in [2.45, 2.75) is 19.4 Å². The molecule has 0 unspecified atom stereocenters. The number of primary amides is 1. The van der Waals surface area contributed by atoms with Gasteiger partial charge in [-0.15, -0.1) is 0 Å². The molecule has 0 radical (unpaired) electrons. The van der Waals surface area contributed by atoms with Gasteiger partial charge in [0.25, 0.3) is 0 Å². The summed E-state index contributed by atoms with van der Waals surface area (Å²) in [4.78, 5) is 15.1. The van der Waals surface area contributed by atoms with E-state index in [1.807, 2.05) is 12.1 Å². The fourth-order valence-electron chi connectivity index (χ4n) is 1.59. The first-order chi connectivity index (χ1) is 9.11. The highest BCUT2D eigenvalue weighted by molar-refractivity contribution is 5.94. The molecule has 6 nitrogen and oxygen atoms in total. The number of ether oxygens (including phenoxy) is 1. The highest BCUT2D eigenvalue weighted by atomic mass is 16.5. The summed E-state index contributed by atoms with van der Waals surface area (Å²) in [5, 5.41) is 0. The Morgan fingerprint density at radius 2 is 1.89 bits per heavy atom. The molecule has 0 saturated heterocycles. The maximum atomic E-state index is 11.2. The SMILES string of the molecule is NC(=O)c1ccccc1COCCCCN=C(N)N. The molecule has 0 aliphatic heterocycles. The largest absolute Gasteiger partial charge is 0.377 e. The fraction of sp³-hybridized carbons (Fsp3) is 0.385. The monoisotopic (exact) mass is 264 g/mol. The Morgan fingerprint density at radius 3 is 2.58 bits per heavy atom. The van der Waals surface area contributed by atoms with Crippen LogP contribution in [0.15, 0.2) is 29.3 Å². The van der Waals surface area contributed by atoms with E-state index in [1.54, 1.807) is 12.1 Å². The maximum absolute atomic E-state index is 11.2. The molecular weight excluding hydrogens is 244 g/mol. The van der Waals surface area contributed by atoms with Gasteiger partial charge < -0.3 is 21.9 Å². The van der Waals surface area contributed by atoms with Crippen LogP contribution < -0.4 is 17.2 Å². The maximum Gasteiger partial charge on any atom is 0.249 e. The predicted molar refractivity (Wildman–Crippen MR) is 74.5 cm³/mol. The van der Waals surface area contributed by atoms with Crippen LogP contribution in [0, 0.1) is 0 Å². The zero-order valence-electron chi connectivity index (χ0n) is 10.8. The van der Waals surface area contributed by atoms with Gasteiger partial charge in [0.2, 0.25) is 5.91 Å². The van der Waals surface area contributed by atoms with E-state index in [9.17, 15) is 4.79 Å². The minimum absolute atomic E-state index is 0.108. The van der Waals surface area contributed by atoms with E-state index in [-0.39, 0.29) is 5.96 Å². The van der Waals surface area contributed by atoms with E-state index in [2.05, 4.69) is 4.99 Å². The summed E-state index contributed by atoms with van der Waals surface area (Å²) in [6.45, 7) is 1.57. The summed E-state index contributed by atoms with van der Waals surface area (Å²) < 4.78 is 5.50. The number of amides is 1. The topological polar surface area (TPSA) is 117 Å². The number of hydrogen-bond donors (Lipinski definition) is 3. The van der Waals surface area contributed by atoms with Crippen LogP contribution >= 0.6 is 0 Å². The zero-order chi connectivity index (χ0) is 14.1. The lowest BCUT2D eigenvalue weighted by atomic mass is 10.1. The second kappa shape index (κ2) is 8.10. The lowest BCUT2D eigenvalue weighted by molar-refractivity contribution is 0.0982. The van der Waals surface area contributed by atoms with Crippen molar-refractivity contribution in [2.24, 2.45) is 22.2 Å². The summed E-state index contributed by atoms with van der Waals surface area (Å²) in [6, 6.07) is 7.15. The first-order valence-electron chi connectivity index (χ1n) is 6.12. The lowest BCUT2D eigenvalue weighted by Gasteiger charge is -2.07. The number of guanidine groups is 1. The fourth-order valence-corrected chi connectivity index (χ4v) is 1.59. The summed E-state index contributed by atoms with van der Waals surface area (Å²) in [5.41, 5.74) is 17.0. The molecule has 1 rings (SSSR count). The molecule has 0 aliphatic carbocycles. The smallest absolute Gasteiger partial charge is 0.249 e. The first-order valence-corrected chi connectivity index (χ1v) is 6.12. The van der Waals surface area contributed by atoms with Gasteiger partial charge in [-0.05, 0) is 24.5 Å². The number of hydrogen-bond acceptors (Lipinski definition) is 3. The summed E-state index contributed by atoms with van der Waals surface area (Å²) in [6.07, 6.45) is 1.71. The lowest BCUT2D eigenvalue weighted by Crippen LogP contribution is -2.22. The molecule has 0 aromatic heterocycles. The third-order valence-electron chi connectivity index (χ3n) is 2.53. The van der Waals surface area contributed by atoms with Crippen molar-refractivity contribution in [3.8, 4) is 0 Å². The molecule has 1 aromatic rings. The van der Waals surface area contributed by atoms with Gasteiger partial charge in [0.15, 0.2) is 5.96 Å². The van der Waals surface area contributed by atoms with Gasteiger partial charge in [0, 0.05) is 18.7 Å². The van der Waals surface area contributed by atoms with E-state index in [1.165, 1.54) is 0 Å². The number of benzene rings is 1. The van der Waals surface area contributed by atoms with E-state index in [0.29, 0.717) is 25.3 Å². The Kier molecular flexibility index (Phi) is 6.38. The minimum Gasteiger partial charge on any atom is -0.377 e. The molecule has 0 fully saturated rings. The molecule has 0 spiro atoms. The van der Waals surface area contributed by atoms with E-state index in [4.69, 9.17) is 21.9 Å². The second-order valence-corrected chi connectivity index (χ2v) is 4.09. The number of aliphatic imine (C=N–C) groups is 1. The number of carbonyl (C=O) groups is 1. The summed E-state index contributed by atoms with van der Waals surface area (Å²) in [7, 11) is 0. The van der Waals surface area contributed by atoms with Crippen LogP contribution in [-0.4, -0.2) is 25.0 Å². The summed E-state index contributed by atoms with van der Waals surface area (Å²) >= 11 is 0. The van der Waals surface area contributed by atoms with Crippen LogP contribution in [0.3, 0.4) is 0 Å². The normalized spacial score (nSPS) is 10.1. The number of nitrogens with zero attached hydrogens (tertiary/aromatic N) is 1. The molecule has 0 saturated carbocycles. The standard InChI is InChI=1S/C13H20N4O2/c14-12(18)11-6-2-1-5-10(11)9-19-8-4-3-7-17-13(15)16/h1-2,5-6H,3-4,7-9H2,(H2,14,18)(H4,15,16,17). The highest BCUT2D eigenvalue weighted by Crippen LogP contribution is 2.09. The Morgan fingerprint density at radius 1 is 1.16 bits per heavy atom. The Bertz CT molecular complexity index is 442. The second-order valence-electron chi connectivity index (χ2n) is 4.09. The van der Waals surface area contributed by atoms with Gasteiger partial charge in [-0.2, -0.15) is 0 Å². The van der Waals surface area contributed by atoms with Gasteiger partial charge in [-0.3, -0.25) is 9.79 Å². The van der Waals surface area contributed by atoms with E-state index >= 15 is 0 Å². The zero-order valence-corrected chi connectivity index (χ0v) is 10.8. The predicted octanol–water partition coefficient (Wildman–Crippen LogP) is 0.356. The van der Waals surface area contributed by atoms with Crippen molar-refractivity contribution >= 4 is 11.9 Å². The molecule has 0 bridgehead atoms. The number of nitrogens with two attached hydrogens (primary N) is 3. The third kappa shape index (κ3) is 5.87. The molecule has 0 atom stereocenters. The van der Waals surface area contributed by atoms with Crippen LogP contribution in [0.25, 0.3) is 0 Å². The number of rotatable bonds is 8. The van der Waals surface area contributed by atoms with Crippen LogP contribution in [0.2, 0.25) is 0 Å². The average Bonchev–Trinajstić information content (AvgIpc) is 2.37. The Labute approximate surface area is 112 Å². The molecule has 1 amide bonds. The molecule has 6 N–H and O–H groups in total. The number of unbranched alkanes of at least 4 members (excludes halogenated alkanes) is 1. The molecule has 1 aromatic carbocycles. The molecule has 0 aliphatic rings. The molecule has 6 heteroatoms. The summed E-state index contributed by atoms with van der Waals surface area (Å²) in [5.74, 6) is -0.330. The van der Waals surface area contributed by atoms with Crippen molar-refractivity contribution < 1.29 is 9.53 Å². The first kappa shape index (κ1) is 15.0. The van der Waals surface area contributed by atoms with E-state index in [0.717, 1.165) is 18.4 Å². The Hall–Kier alpha value is -2.08. The van der Waals surface area contributed by atoms with Crippen molar-refractivity contribution in [2.75, 3.05) is 13.2 Å². The van der Waals surface area contributed by atoms with Crippen LogP contribution in [0.4, 0.5) is 0 Å². The van der Waals surface area contributed by atoms with Gasteiger partial charge in [0.1, 0.15) is 0 Å². The minimum atomic E-state index is -0.438. The van der Waals surface area contributed by atoms with Crippen molar-refractivity contribution in [3.63, 3.8) is 0 Å². The van der Waals surface area contributed by atoms with E-state index < -0.39 is 5.91 Å². The van der Waals surface area contributed by atoms with Crippen LogP contribution in [0.5, 0.6) is 0 Å². The van der Waals surface area contributed by atoms with Crippen molar-refractivity contribution in [3.05, 3.63) is 35.4 Å². The van der Waals surface area contributed by atoms with Crippen molar-refractivity contribution in [1.82, 2.24) is 0 Å². The van der Waals surface area contributed by atoms with Crippen LogP contribution in [-0.2, 0) is 11.3 Å². The quantitative estimate of drug-likeness (QED) is 0.357. The van der Waals surface area contributed by atoms with Gasteiger partial charge in [-0.1, -0.05) is 18.2 Å². The molecule has 19 heavy (non-hydrogen) atoms. The third-order valence-corrected chi connectivity index (χ3v) is 2.53. The number of carbonyl (C=O) groups excluding carboxylic acids is 1. The highest BCUT2D eigenvalue weighted by Gasteiger charge is 2.06.